The predicted octanol–water partition coefficient (Wildman–Crippen LogP) is 4.48. The average Bonchev–Trinajstić information content (AvgIpc) is 3.38. The van der Waals surface area contributed by atoms with Crippen LogP contribution in [0.15, 0.2) is 93.3 Å². The second-order valence-electron chi connectivity index (χ2n) is 7.66. The third-order valence-corrected chi connectivity index (χ3v) is 6.19. The molecule has 0 fully saturated rings. The fourth-order valence-corrected chi connectivity index (χ4v) is 4.29. The van der Waals surface area contributed by atoms with Gasteiger partial charge in [0.1, 0.15) is 5.75 Å². The topological polar surface area (TPSA) is 100 Å². The van der Waals surface area contributed by atoms with E-state index in [0.717, 1.165) is 17.3 Å². The second-order valence-corrected chi connectivity index (χ2v) is 8.59. The van der Waals surface area contributed by atoms with Crippen molar-refractivity contribution in [2.45, 2.75) is 11.8 Å². The van der Waals surface area contributed by atoms with Gasteiger partial charge in [0.25, 0.3) is 16.7 Å². The van der Waals surface area contributed by atoms with E-state index in [9.17, 15) is 9.59 Å². The van der Waals surface area contributed by atoms with Crippen molar-refractivity contribution in [1.29, 1.82) is 0 Å². The predicted molar refractivity (Wildman–Crippen MR) is 133 cm³/mol. The highest BCUT2D eigenvalue weighted by Gasteiger charge is 2.19. The quantitative estimate of drug-likeness (QED) is 0.235. The van der Waals surface area contributed by atoms with Crippen LogP contribution in [0.5, 0.6) is 5.75 Å². The summed E-state index contributed by atoms with van der Waals surface area (Å²) < 4.78 is 12.4. The Labute approximate surface area is 204 Å². The minimum Gasteiger partial charge on any atom is -0.497 e. The Kier molecular flexibility index (Phi) is 6.40. The fourth-order valence-electron chi connectivity index (χ4n) is 3.63. The van der Waals surface area contributed by atoms with Gasteiger partial charge in [0.15, 0.2) is 11.5 Å². The number of Topliss-reactive ketones (excluding diaryl/α,β-unsaturated/α-hetero) is 1. The van der Waals surface area contributed by atoms with Gasteiger partial charge in [0, 0.05) is 10.9 Å². The summed E-state index contributed by atoms with van der Waals surface area (Å²) in [6.07, 6.45) is 0. The fraction of sp³-hybridized carbons (Fsp3) is 0.115. The van der Waals surface area contributed by atoms with Gasteiger partial charge in [-0.1, -0.05) is 72.4 Å². The summed E-state index contributed by atoms with van der Waals surface area (Å²) in [5.74, 6) is 0.828. The molecule has 174 valence electrons. The zero-order valence-electron chi connectivity index (χ0n) is 18.7. The maximum atomic E-state index is 13.1. The van der Waals surface area contributed by atoms with Crippen LogP contribution in [0.25, 0.3) is 22.4 Å². The maximum absolute atomic E-state index is 13.1. The Morgan fingerprint density at radius 3 is 2.54 bits per heavy atom. The lowest BCUT2D eigenvalue weighted by atomic mass is 10.1. The molecular weight excluding hydrogens is 464 g/mol. The summed E-state index contributed by atoms with van der Waals surface area (Å²) in [6, 6.07) is 23.8. The van der Waals surface area contributed by atoms with Crippen LogP contribution in [0.2, 0.25) is 0 Å². The van der Waals surface area contributed by atoms with E-state index in [2.05, 4.69) is 15.3 Å². The van der Waals surface area contributed by atoms with Crippen molar-refractivity contribution in [2.24, 2.45) is 0 Å². The molecule has 2 aromatic heterocycles. The first-order valence-corrected chi connectivity index (χ1v) is 11.8. The molecule has 0 radical (unpaired) electrons. The molecule has 0 aliphatic rings. The molecule has 0 saturated carbocycles. The van der Waals surface area contributed by atoms with Crippen LogP contribution in [0, 0.1) is 0 Å². The van der Waals surface area contributed by atoms with Crippen LogP contribution in [0.3, 0.4) is 0 Å². The number of hydrogen-bond donors (Lipinski definition) is 0. The summed E-state index contributed by atoms with van der Waals surface area (Å²) in [7, 11) is 1.55. The Hall–Kier alpha value is -4.24. The Balaban J connectivity index is 1.43. The molecule has 0 unspecified atom stereocenters. The van der Waals surface area contributed by atoms with Crippen molar-refractivity contribution >= 4 is 28.3 Å². The second kappa shape index (κ2) is 9.94. The standard InChI is InChI=1S/C26H20N4O4S/c1-33-19-11-7-10-18(14-19)22(31)16-35-26-28-27-24(34-26)23-20-12-5-6-13-21(20)25(32)30(29-23)15-17-8-3-2-4-9-17/h2-14H,15-16H2,1H3. The molecule has 0 aliphatic heterocycles. The lowest BCUT2D eigenvalue weighted by Crippen LogP contribution is -2.24. The molecule has 0 atom stereocenters. The molecule has 0 spiro atoms. The number of ketones is 1. The zero-order valence-corrected chi connectivity index (χ0v) is 19.6. The lowest BCUT2D eigenvalue weighted by Gasteiger charge is -2.09. The van der Waals surface area contributed by atoms with Gasteiger partial charge in [-0.3, -0.25) is 9.59 Å². The Morgan fingerprint density at radius 1 is 0.971 bits per heavy atom. The number of fused-ring (bicyclic) bond motifs is 1. The highest BCUT2D eigenvalue weighted by atomic mass is 32.2. The summed E-state index contributed by atoms with van der Waals surface area (Å²) in [5, 5.41) is 14.1. The van der Waals surface area contributed by atoms with E-state index in [-0.39, 0.29) is 28.2 Å². The molecule has 0 amide bonds. The normalized spacial score (nSPS) is 11.0. The molecule has 0 N–H and O–H groups in total. The van der Waals surface area contributed by atoms with Gasteiger partial charge in [0.05, 0.1) is 24.8 Å². The zero-order chi connectivity index (χ0) is 24.2. The van der Waals surface area contributed by atoms with Crippen LogP contribution >= 0.6 is 11.8 Å². The molecule has 9 heteroatoms. The molecule has 3 aromatic carbocycles. The molecule has 35 heavy (non-hydrogen) atoms. The van der Waals surface area contributed by atoms with E-state index in [4.69, 9.17) is 9.15 Å². The number of hydrogen-bond acceptors (Lipinski definition) is 8. The van der Waals surface area contributed by atoms with E-state index in [1.54, 1.807) is 49.6 Å². The average molecular weight is 485 g/mol. The van der Waals surface area contributed by atoms with Crippen molar-refractivity contribution in [3.63, 3.8) is 0 Å². The minimum atomic E-state index is -0.203. The van der Waals surface area contributed by atoms with Crippen LogP contribution in [-0.2, 0) is 6.54 Å². The molecule has 2 heterocycles. The van der Waals surface area contributed by atoms with Gasteiger partial charge in [0.2, 0.25) is 0 Å². The number of nitrogens with zero attached hydrogens (tertiary/aromatic N) is 4. The monoisotopic (exact) mass is 484 g/mol. The van der Waals surface area contributed by atoms with Gasteiger partial charge in [-0.2, -0.15) is 5.10 Å². The number of carbonyl (C=O) groups excluding carboxylic acids is 1. The van der Waals surface area contributed by atoms with Crippen molar-refractivity contribution in [1.82, 2.24) is 20.0 Å². The molecule has 0 saturated heterocycles. The van der Waals surface area contributed by atoms with Gasteiger partial charge in [-0.15, -0.1) is 10.2 Å². The van der Waals surface area contributed by atoms with Crippen molar-refractivity contribution in [2.75, 3.05) is 12.9 Å². The first kappa shape index (κ1) is 22.5. The molecule has 5 rings (SSSR count). The number of aromatic nitrogens is 4. The molecule has 8 nitrogen and oxygen atoms in total. The van der Waals surface area contributed by atoms with Crippen LogP contribution in [0.1, 0.15) is 15.9 Å². The number of methoxy groups -OCH3 is 1. The smallest absolute Gasteiger partial charge is 0.277 e. The van der Waals surface area contributed by atoms with Crippen LogP contribution in [0.4, 0.5) is 0 Å². The van der Waals surface area contributed by atoms with E-state index < -0.39 is 0 Å². The molecule has 5 aromatic rings. The number of ether oxygens (including phenoxy) is 1. The number of rotatable bonds is 8. The third-order valence-electron chi connectivity index (χ3n) is 5.37. The summed E-state index contributed by atoms with van der Waals surface area (Å²) >= 11 is 1.14. The highest BCUT2D eigenvalue weighted by Crippen LogP contribution is 2.27. The number of benzene rings is 3. The molecule has 0 bridgehead atoms. The summed E-state index contributed by atoms with van der Waals surface area (Å²) in [5.41, 5.74) is 1.69. The van der Waals surface area contributed by atoms with E-state index >= 15 is 0 Å². The van der Waals surface area contributed by atoms with Gasteiger partial charge in [-0.25, -0.2) is 4.68 Å². The largest absolute Gasteiger partial charge is 0.497 e. The lowest BCUT2D eigenvalue weighted by molar-refractivity contribution is 0.102. The minimum absolute atomic E-state index is 0.0892. The SMILES string of the molecule is COc1cccc(C(=O)CSc2nnc(-c3nn(Cc4ccccc4)c(=O)c4ccccc34)o2)c1. The van der Waals surface area contributed by atoms with Gasteiger partial charge in [-0.05, 0) is 23.8 Å². The third kappa shape index (κ3) is 4.85. The molecule has 0 aliphatic carbocycles. The number of carbonyl (C=O) groups is 1. The Morgan fingerprint density at radius 2 is 1.74 bits per heavy atom. The highest BCUT2D eigenvalue weighted by molar-refractivity contribution is 7.99. The maximum Gasteiger partial charge on any atom is 0.277 e. The first-order valence-electron chi connectivity index (χ1n) is 10.8. The van der Waals surface area contributed by atoms with Crippen molar-refractivity contribution in [3.8, 4) is 17.3 Å². The van der Waals surface area contributed by atoms with E-state index in [1.165, 1.54) is 4.68 Å². The van der Waals surface area contributed by atoms with Crippen LogP contribution < -0.4 is 10.3 Å². The summed E-state index contributed by atoms with van der Waals surface area (Å²) in [4.78, 5) is 25.6. The van der Waals surface area contributed by atoms with Gasteiger partial charge >= 0.3 is 0 Å². The van der Waals surface area contributed by atoms with E-state index in [0.29, 0.717) is 34.3 Å². The van der Waals surface area contributed by atoms with Gasteiger partial charge < -0.3 is 9.15 Å². The summed E-state index contributed by atoms with van der Waals surface area (Å²) in [6.45, 7) is 0.308. The van der Waals surface area contributed by atoms with E-state index in [1.807, 2.05) is 36.4 Å². The van der Waals surface area contributed by atoms with Crippen LogP contribution in [-0.4, -0.2) is 38.6 Å². The van der Waals surface area contributed by atoms with Crippen molar-refractivity contribution < 1.29 is 13.9 Å². The Bertz CT molecular complexity index is 1560. The first-order chi connectivity index (χ1) is 17.1. The molecular formula is C26H20N4O4S. The number of thioether (sulfide) groups is 1. The van der Waals surface area contributed by atoms with Crippen molar-refractivity contribution in [3.05, 3.63) is 100 Å².